The molecule has 1 fully saturated rings. The van der Waals surface area contributed by atoms with Crippen molar-refractivity contribution in [1.29, 1.82) is 0 Å². The molecule has 0 aromatic heterocycles. The number of amides is 2. The van der Waals surface area contributed by atoms with E-state index in [9.17, 15) is 9.59 Å². The van der Waals surface area contributed by atoms with Crippen molar-refractivity contribution in [3.63, 3.8) is 0 Å². The summed E-state index contributed by atoms with van der Waals surface area (Å²) in [7, 11) is 0. The molecule has 136 valence electrons. The van der Waals surface area contributed by atoms with E-state index >= 15 is 0 Å². The molecule has 5 nitrogen and oxygen atoms in total. The number of carbonyl (C=O) groups is 2. The largest absolute Gasteiger partial charge is 0.374 e. The van der Waals surface area contributed by atoms with Crippen molar-refractivity contribution in [2.45, 2.75) is 25.8 Å². The van der Waals surface area contributed by atoms with Gasteiger partial charge in [0, 0.05) is 24.3 Å². The molecule has 3 rings (SSSR count). The normalized spacial score (nSPS) is 15.0. The molecule has 1 heterocycles. The Morgan fingerprint density at radius 2 is 1.88 bits per heavy atom. The molecule has 0 unspecified atom stereocenters. The monoisotopic (exact) mass is 391 g/mol. The number of anilines is 3. The number of rotatable bonds is 5. The van der Waals surface area contributed by atoms with Crippen molar-refractivity contribution >= 4 is 52.1 Å². The van der Waals surface area contributed by atoms with E-state index in [0.717, 1.165) is 24.3 Å². The minimum absolute atomic E-state index is 0.150. The predicted octanol–water partition coefficient (Wildman–Crippen LogP) is 4.56. The fraction of sp³-hybridized carbons (Fsp3) is 0.263. The van der Waals surface area contributed by atoms with E-state index in [1.807, 2.05) is 24.3 Å². The van der Waals surface area contributed by atoms with Crippen molar-refractivity contribution < 1.29 is 9.59 Å². The molecular formula is C19H19Cl2N3O2. The second kappa shape index (κ2) is 7.98. The van der Waals surface area contributed by atoms with E-state index in [4.69, 9.17) is 23.2 Å². The molecule has 2 aromatic rings. The average molecular weight is 392 g/mol. The summed E-state index contributed by atoms with van der Waals surface area (Å²) in [6.45, 7) is 2.51. The first-order valence-electron chi connectivity index (χ1n) is 8.37. The van der Waals surface area contributed by atoms with E-state index in [1.165, 1.54) is 0 Å². The molecule has 2 N–H and O–H groups in total. The fourth-order valence-electron chi connectivity index (χ4n) is 2.82. The van der Waals surface area contributed by atoms with Crippen LogP contribution in [0, 0.1) is 0 Å². The first kappa shape index (κ1) is 18.5. The van der Waals surface area contributed by atoms with Crippen LogP contribution in [0.15, 0.2) is 42.5 Å². The number of carbonyl (C=O) groups excluding carboxylic acids is 2. The van der Waals surface area contributed by atoms with Crippen LogP contribution in [0.3, 0.4) is 0 Å². The molecule has 2 amide bonds. The summed E-state index contributed by atoms with van der Waals surface area (Å²) >= 11 is 12.1. The summed E-state index contributed by atoms with van der Waals surface area (Å²) < 4.78 is 0. The maximum Gasteiger partial charge on any atom is 0.246 e. The Bertz CT molecular complexity index is 824. The van der Waals surface area contributed by atoms with Crippen LogP contribution < -0.4 is 15.5 Å². The van der Waals surface area contributed by atoms with Crippen molar-refractivity contribution in [2.75, 3.05) is 22.1 Å². The summed E-state index contributed by atoms with van der Waals surface area (Å²) in [5, 5.41) is 6.60. The minimum atomic E-state index is -0.482. The molecule has 26 heavy (non-hydrogen) atoms. The average Bonchev–Trinajstić information content (AvgIpc) is 3.05. The van der Waals surface area contributed by atoms with Crippen LogP contribution in [0.2, 0.25) is 10.0 Å². The Morgan fingerprint density at radius 1 is 1.15 bits per heavy atom. The Kier molecular flexibility index (Phi) is 5.69. The fourth-order valence-corrected chi connectivity index (χ4v) is 3.16. The van der Waals surface area contributed by atoms with E-state index in [0.29, 0.717) is 22.2 Å². The summed E-state index contributed by atoms with van der Waals surface area (Å²) in [5.41, 5.74) is 2.14. The summed E-state index contributed by atoms with van der Waals surface area (Å²) in [6.07, 6.45) is 1.49. The van der Waals surface area contributed by atoms with Crippen molar-refractivity contribution in [3.05, 3.63) is 52.5 Å². The van der Waals surface area contributed by atoms with Gasteiger partial charge in [0.2, 0.25) is 11.8 Å². The number of hydrogen-bond donors (Lipinski definition) is 2. The maximum absolute atomic E-state index is 12.4. The molecule has 0 saturated carbocycles. The number of nitrogens with one attached hydrogen (secondary N) is 2. The van der Waals surface area contributed by atoms with E-state index < -0.39 is 6.04 Å². The summed E-state index contributed by atoms with van der Waals surface area (Å²) in [4.78, 5) is 25.9. The molecule has 1 aliphatic rings. The molecule has 0 aliphatic carbocycles. The lowest BCUT2D eigenvalue weighted by Gasteiger charge is -2.18. The third-order valence-electron chi connectivity index (χ3n) is 4.24. The highest BCUT2D eigenvalue weighted by molar-refractivity contribution is 6.44. The Morgan fingerprint density at radius 3 is 2.54 bits per heavy atom. The first-order chi connectivity index (χ1) is 12.5. The van der Waals surface area contributed by atoms with Gasteiger partial charge in [0.25, 0.3) is 0 Å². The first-order valence-corrected chi connectivity index (χ1v) is 9.13. The number of benzene rings is 2. The smallest absolute Gasteiger partial charge is 0.246 e. The third kappa shape index (κ3) is 4.11. The molecular weight excluding hydrogens is 373 g/mol. The maximum atomic E-state index is 12.4. The van der Waals surface area contributed by atoms with Crippen LogP contribution in [0.4, 0.5) is 17.1 Å². The Balaban J connectivity index is 1.62. The highest BCUT2D eigenvalue weighted by Crippen LogP contribution is 2.29. The number of halogens is 2. The van der Waals surface area contributed by atoms with Crippen LogP contribution in [-0.4, -0.2) is 24.4 Å². The SMILES string of the molecule is C[C@@H](Nc1ccc(N2CCCC2=O)cc1)C(=O)Nc1cccc(Cl)c1Cl. The summed E-state index contributed by atoms with van der Waals surface area (Å²) in [5.74, 6) is -0.0789. The zero-order valence-corrected chi connectivity index (χ0v) is 15.8. The van der Waals surface area contributed by atoms with Gasteiger partial charge < -0.3 is 15.5 Å². The van der Waals surface area contributed by atoms with Crippen LogP contribution in [0.25, 0.3) is 0 Å². The van der Waals surface area contributed by atoms with Gasteiger partial charge in [0.05, 0.1) is 15.7 Å². The lowest BCUT2D eigenvalue weighted by Crippen LogP contribution is -2.32. The number of hydrogen-bond acceptors (Lipinski definition) is 3. The second-order valence-electron chi connectivity index (χ2n) is 6.15. The van der Waals surface area contributed by atoms with E-state index in [1.54, 1.807) is 30.0 Å². The lowest BCUT2D eigenvalue weighted by atomic mass is 10.2. The van der Waals surface area contributed by atoms with Gasteiger partial charge in [-0.2, -0.15) is 0 Å². The van der Waals surface area contributed by atoms with Gasteiger partial charge >= 0.3 is 0 Å². The highest BCUT2D eigenvalue weighted by Gasteiger charge is 2.21. The molecule has 0 spiro atoms. The van der Waals surface area contributed by atoms with Crippen LogP contribution in [0.5, 0.6) is 0 Å². The Hall–Kier alpha value is -2.24. The van der Waals surface area contributed by atoms with Crippen LogP contribution in [0.1, 0.15) is 19.8 Å². The van der Waals surface area contributed by atoms with Crippen molar-refractivity contribution in [3.8, 4) is 0 Å². The molecule has 7 heteroatoms. The molecule has 1 aliphatic heterocycles. The topological polar surface area (TPSA) is 61.4 Å². The van der Waals surface area contributed by atoms with E-state index in [-0.39, 0.29) is 11.8 Å². The zero-order valence-electron chi connectivity index (χ0n) is 14.3. The minimum Gasteiger partial charge on any atom is -0.374 e. The van der Waals surface area contributed by atoms with Crippen molar-refractivity contribution in [1.82, 2.24) is 0 Å². The van der Waals surface area contributed by atoms with Gasteiger partial charge in [0.1, 0.15) is 6.04 Å². The molecule has 1 atom stereocenters. The van der Waals surface area contributed by atoms with Crippen molar-refractivity contribution in [2.24, 2.45) is 0 Å². The third-order valence-corrected chi connectivity index (χ3v) is 5.06. The van der Waals surface area contributed by atoms with Gasteiger partial charge in [-0.15, -0.1) is 0 Å². The molecule has 0 bridgehead atoms. The van der Waals surface area contributed by atoms with Gasteiger partial charge in [-0.05, 0) is 49.7 Å². The highest BCUT2D eigenvalue weighted by atomic mass is 35.5. The second-order valence-corrected chi connectivity index (χ2v) is 6.94. The molecule has 2 aromatic carbocycles. The zero-order chi connectivity index (χ0) is 18.7. The Labute approximate surface area is 162 Å². The van der Waals surface area contributed by atoms with Crippen LogP contribution >= 0.6 is 23.2 Å². The molecule has 0 radical (unpaired) electrons. The van der Waals surface area contributed by atoms with Gasteiger partial charge in [-0.1, -0.05) is 29.3 Å². The summed E-state index contributed by atoms with van der Waals surface area (Å²) in [6, 6.07) is 12.1. The van der Waals surface area contributed by atoms with Gasteiger partial charge in [-0.25, -0.2) is 0 Å². The lowest BCUT2D eigenvalue weighted by molar-refractivity contribution is -0.117. The standard InChI is InChI=1S/C19H19Cl2N3O2/c1-12(19(26)23-16-5-2-4-15(20)18(16)21)22-13-7-9-14(10-8-13)24-11-3-6-17(24)25/h2,4-5,7-10,12,22H,3,6,11H2,1H3,(H,23,26)/t12-/m1/s1. The number of nitrogens with zero attached hydrogens (tertiary/aromatic N) is 1. The van der Waals surface area contributed by atoms with Gasteiger partial charge in [-0.3, -0.25) is 9.59 Å². The van der Waals surface area contributed by atoms with Crippen LogP contribution in [-0.2, 0) is 9.59 Å². The molecule has 1 saturated heterocycles. The van der Waals surface area contributed by atoms with E-state index in [2.05, 4.69) is 10.6 Å². The predicted molar refractivity (Wildman–Crippen MR) is 106 cm³/mol. The quantitative estimate of drug-likeness (QED) is 0.784. The van der Waals surface area contributed by atoms with Gasteiger partial charge in [0.15, 0.2) is 0 Å².